The molecule has 134 valence electrons. The second-order valence-electron chi connectivity index (χ2n) is 6.71. The molecular weight excluding hydrogens is 348 g/mol. The molecule has 25 heavy (non-hydrogen) atoms. The summed E-state index contributed by atoms with van der Waals surface area (Å²) in [5, 5.41) is 12.4. The first-order valence-corrected chi connectivity index (χ1v) is 9.23. The number of hydrogen-bond donors (Lipinski definition) is 1. The highest BCUT2D eigenvalue weighted by Gasteiger charge is 2.70. The highest BCUT2D eigenvalue weighted by atomic mass is 32.2. The number of hydrogen-bond acceptors (Lipinski definition) is 6. The van der Waals surface area contributed by atoms with Gasteiger partial charge in [0.2, 0.25) is 11.8 Å². The molecule has 0 saturated carbocycles. The minimum Gasteiger partial charge on any atom is -0.548 e. The van der Waals surface area contributed by atoms with Crippen LogP contribution in [-0.4, -0.2) is 53.3 Å². The second kappa shape index (κ2) is 5.55. The van der Waals surface area contributed by atoms with Crippen molar-refractivity contribution in [3.8, 4) is 0 Å². The molecule has 2 saturated heterocycles. The van der Waals surface area contributed by atoms with Crippen LogP contribution in [0.15, 0.2) is 30.3 Å². The molecule has 1 aromatic rings. The van der Waals surface area contributed by atoms with Crippen LogP contribution in [0.3, 0.4) is 0 Å². The molecule has 0 unspecified atom stereocenters. The molecule has 1 aromatic carbocycles. The zero-order valence-electron chi connectivity index (χ0n) is 13.6. The van der Waals surface area contributed by atoms with Crippen molar-refractivity contribution in [1.29, 1.82) is 0 Å². The molecule has 1 N–H and O–H groups in total. The summed E-state index contributed by atoms with van der Waals surface area (Å²) >= 11 is 0. The standard InChI is InChI=1S/C16H18N2O6S/c1-16(2)12(15(21)22)18-13(20)11(14(18)25(16,23)24)17-10(19)8-9-6-4-3-5-7-9/h3-7,11-12,14H,8H2,1-2H3,(H,17,19)(H,21,22)/p-1/t11-,12+,14-/m1/s1. The minimum atomic E-state index is -3.99. The van der Waals surface area contributed by atoms with Gasteiger partial charge in [-0.2, -0.15) is 0 Å². The van der Waals surface area contributed by atoms with E-state index >= 15 is 0 Å². The fraction of sp³-hybridized carbons (Fsp3) is 0.438. The van der Waals surface area contributed by atoms with Crippen LogP contribution in [0.25, 0.3) is 0 Å². The quantitative estimate of drug-likeness (QED) is 0.629. The van der Waals surface area contributed by atoms with E-state index in [9.17, 15) is 27.9 Å². The molecule has 2 aliphatic rings. The molecule has 2 aliphatic heterocycles. The van der Waals surface area contributed by atoms with Crippen LogP contribution in [-0.2, 0) is 30.6 Å². The van der Waals surface area contributed by atoms with Gasteiger partial charge in [-0.3, -0.25) is 9.59 Å². The third-order valence-corrected chi connectivity index (χ3v) is 7.64. The molecule has 0 radical (unpaired) electrons. The number of carboxylic acid groups (broad SMARTS) is 1. The molecule has 2 fully saturated rings. The van der Waals surface area contributed by atoms with E-state index in [0.717, 1.165) is 4.90 Å². The van der Waals surface area contributed by atoms with Gasteiger partial charge in [0.15, 0.2) is 15.2 Å². The van der Waals surface area contributed by atoms with Crippen LogP contribution >= 0.6 is 0 Å². The molecule has 2 amide bonds. The SMILES string of the molecule is CC1(C)[C@H](C(=O)[O-])N2C(=O)[C@@H](NC(=O)Cc3ccccc3)[C@H]2S1(=O)=O. The Labute approximate surface area is 144 Å². The van der Waals surface area contributed by atoms with Crippen molar-refractivity contribution in [2.75, 3.05) is 0 Å². The number of carbonyl (C=O) groups excluding carboxylic acids is 3. The molecule has 3 rings (SSSR count). The summed E-state index contributed by atoms with van der Waals surface area (Å²) in [6.45, 7) is 2.49. The molecule has 0 spiro atoms. The van der Waals surface area contributed by atoms with Crippen molar-refractivity contribution in [1.82, 2.24) is 10.2 Å². The molecule has 8 nitrogen and oxygen atoms in total. The predicted molar refractivity (Wildman–Crippen MR) is 84.5 cm³/mol. The first-order chi connectivity index (χ1) is 11.6. The zero-order chi connectivity index (χ0) is 18.6. The summed E-state index contributed by atoms with van der Waals surface area (Å²) in [4.78, 5) is 36.6. The van der Waals surface area contributed by atoms with Crippen LogP contribution in [0.4, 0.5) is 0 Å². The fourth-order valence-electron chi connectivity index (χ4n) is 3.43. The van der Waals surface area contributed by atoms with Gasteiger partial charge in [0.05, 0.1) is 23.2 Å². The van der Waals surface area contributed by atoms with Gasteiger partial charge in [0.25, 0.3) is 0 Å². The van der Waals surface area contributed by atoms with Crippen LogP contribution < -0.4 is 10.4 Å². The van der Waals surface area contributed by atoms with E-state index < -0.39 is 49.8 Å². The summed E-state index contributed by atoms with van der Waals surface area (Å²) in [6, 6.07) is 5.93. The first-order valence-electron chi connectivity index (χ1n) is 7.69. The van der Waals surface area contributed by atoms with Gasteiger partial charge in [-0.05, 0) is 19.4 Å². The number of carboxylic acids is 1. The van der Waals surface area contributed by atoms with E-state index in [4.69, 9.17) is 0 Å². The number of sulfone groups is 1. The number of fused-ring (bicyclic) bond motifs is 1. The summed E-state index contributed by atoms with van der Waals surface area (Å²) in [5.41, 5.74) is 0.714. The van der Waals surface area contributed by atoms with E-state index in [1.807, 2.05) is 0 Å². The van der Waals surface area contributed by atoms with Gasteiger partial charge in [-0.15, -0.1) is 0 Å². The van der Waals surface area contributed by atoms with Crippen molar-refractivity contribution < 1.29 is 27.9 Å². The lowest BCUT2D eigenvalue weighted by atomic mass is 9.96. The minimum absolute atomic E-state index is 0.00923. The predicted octanol–water partition coefficient (Wildman–Crippen LogP) is -1.79. The Hall–Kier alpha value is -2.42. The summed E-state index contributed by atoms with van der Waals surface area (Å²) in [7, 11) is -3.99. The van der Waals surface area contributed by atoms with Crippen LogP contribution in [0.1, 0.15) is 19.4 Å². The van der Waals surface area contributed by atoms with Gasteiger partial charge in [0, 0.05) is 0 Å². The Bertz CT molecular complexity index is 849. The van der Waals surface area contributed by atoms with Gasteiger partial charge in [-0.25, -0.2) is 8.42 Å². The summed E-state index contributed by atoms with van der Waals surface area (Å²) in [6.07, 6.45) is -0.00923. The van der Waals surface area contributed by atoms with E-state index in [1.54, 1.807) is 30.3 Å². The summed E-state index contributed by atoms with van der Waals surface area (Å²) in [5.74, 6) is -2.86. The largest absolute Gasteiger partial charge is 0.548 e. The maximum atomic E-state index is 12.7. The maximum absolute atomic E-state index is 12.7. The number of nitrogens with zero attached hydrogens (tertiary/aromatic N) is 1. The Morgan fingerprint density at radius 3 is 2.40 bits per heavy atom. The molecular formula is C16H17N2O6S-. The number of carbonyl (C=O) groups is 3. The van der Waals surface area contributed by atoms with Crippen molar-refractivity contribution >= 4 is 27.6 Å². The number of aliphatic carboxylic acids is 1. The lowest BCUT2D eigenvalue weighted by Gasteiger charge is -2.44. The average molecular weight is 365 g/mol. The second-order valence-corrected chi connectivity index (χ2v) is 9.34. The third kappa shape index (κ3) is 2.41. The fourth-order valence-corrected chi connectivity index (χ4v) is 5.64. The molecule has 0 aromatic heterocycles. The number of rotatable bonds is 4. The monoisotopic (exact) mass is 365 g/mol. The number of nitrogens with one attached hydrogen (secondary N) is 1. The molecule has 0 aliphatic carbocycles. The Kier molecular flexibility index (Phi) is 3.86. The Morgan fingerprint density at radius 2 is 1.84 bits per heavy atom. The average Bonchev–Trinajstić information content (AvgIpc) is 2.67. The van der Waals surface area contributed by atoms with Crippen LogP contribution in [0.2, 0.25) is 0 Å². The highest BCUT2D eigenvalue weighted by Crippen LogP contribution is 2.45. The van der Waals surface area contributed by atoms with Crippen LogP contribution in [0.5, 0.6) is 0 Å². The Balaban J connectivity index is 1.81. The summed E-state index contributed by atoms with van der Waals surface area (Å²) < 4.78 is 23.6. The van der Waals surface area contributed by atoms with Gasteiger partial charge in [0.1, 0.15) is 6.04 Å². The number of benzene rings is 1. The van der Waals surface area contributed by atoms with E-state index in [2.05, 4.69) is 5.32 Å². The van der Waals surface area contributed by atoms with E-state index in [1.165, 1.54) is 13.8 Å². The molecule has 9 heteroatoms. The smallest absolute Gasteiger partial charge is 0.250 e. The third-order valence-electron chi connectivity index (χ3n) is 4.82. The number of amides is 2. The zero-order valence-corrected chi connectivity index (χ0v) is 14.4. The van der Waals surface area contributed by atoms with Crippen molar-refractivity contribution in [3.63, 3.8) is 0 Å². The normalized spacial score (nSPS) is 28.8. The first kappa shape index (κ1) is 17.4. The van der Waals surface area contributed by atoms with Crippen molar-refractivity contribution in [3.05, 3.63) is 35.9 Å². The number of β-lactam (4-membered cyclic amide) rings is 1. The van der Waals surface area contributed by atoms with Gasteiger partial charge < -0.3 is 20.1 Å². The maximum Gasteiger partial charge on any atom is 0.250 e. The van der Waals surface area contributed by atoms with Crippen molar-refractivity contribution in [2.45, 2.75) is 42.5 Å². The lowest BCUT2D eigenvalue weighted by molar-refractivity contribution is -0.312. The molecule has 0 bridgehead atoms. The topological polar surface area (TPSA) is 124 Å². The Morgan fingerprint density at radius 1 is 1.24 bits per heavy atom. The van der Waals surface area contributed by atoms with Gasteiger partial charge >= 0.3 is 0 Å². The lowest BCUT2D eigenvalue weighted by Crippen LogP contribution is -2.72. The van der Waals surface area contributed by atoms with Gasteiger partial charge in [-0.1, -0.05) is 30.3 Å². The molecule has 3 atom stereocenters. The highest BCUT2D eigenvalue weighted by molar-refractivity contribution is 7.94. The van der Waals surface area contributed by atoms with Crippen LogP contribution in [0, 0.1) is 0 Å². The van der Waals surface area contributed by atoms with E-state index in [-0.39, 0.29) is 6.42 Å². The molecule has 2 heterocycles. The van der Waals surface area contributed by atoms with Crippen molar-refractivity contribution in [2.24, 2.45) is 0 Å². The van der Waals surface area contributed by atoms with E-state index in [0.29, 0.717) is 5.56 Å².